The van der Waals surface area contributed by atoms with E-state index in [0.29, 0.717) is 5.41 Å². The van der Waals surface area contributed by atoms with Gasteiger partial charge in [-0.2, -0.15) is 0 Å². The molecule has 0 aromatic heterocycles. The third-order valence-corrected chi connectivity index (χ3v) is 5.09. The van der Waals surface area contributed by atoms with E-state index in [1.54, 1.807) is 12.1 Å². The van der Waals surface area contributed by atoms with Crippen LogP contribution < -0.4 is 5.32 Å². The summed E-state index contributed by atoms with van der Waals surface area (Å²) in [5.74, 6) is 1.84. The summed E-state index contributed by atoms with van der Waals surface area (Å²) < 4.78 is 13.5. The highest BCUT2D eigenvalue weighted by atomic mass is 19.1. The van der Waals surface area contributed by atoms with Crippen LogP contribution in [0.2, 0.25) is 0 Å². The van der Waals surface area contributed by atoms with Crippen LogP contribution in [-0.2, 0) is 6.42 Å². The van der Waals surface area contributed by atoms with Gasteiger partial charge in [0, 0.05) is 6.54 Å². The molecule has 0 aliphatic heterocycles. The van der Waals surface area contributed by atoms with Crippen LogP contribution in [-0.4, -0.2) is 13.1 Å². The molecule has 0 amide bonds. The molecule has 19 heavy (non-hydrogen) atoms. The van der Waals surface area contributed by atoms with E-state index in [0.717, 1.165) is 31.3 Å². The first-order valence-electron chi connectivity index (χ1n) is 7.58. The predicted molar refractivity (Wildman–Crippen MR) is 76.6 cm³/mol. The van der Waals surface area contributed by atoms with Crippen LogP contribution in [0, 0.1) is 30.0 Å². The molecule has 1 nitrogen and oxygen atoms in total. The zero-order valence-corrected chi connectivity index (χ0v) is 12.0. The van der Waals surface area contributed by atoms with Crippen molar-refractivity contribution >= 4 is 0 Å². The van der Waals surface area contributed by atoms with Crippen LogP contribution in [0.1, 0.15) is 37.3 Å². The molecule has 0 bridgehead atoms. The van der Waals surface area contributed by atoms with Gasteiger partial charge in [0.25, 0.3) is 0 Å². The number of hydrogen-bond donors (Lipinski definition) is 1. The molecule has 104 valence electrons. The second-order valence-electron chi connectivity index (χ2n) is 6.69. The first-order valence-corrected chi connectivity index (χ1v) is 7.58. The number of benzene rings is 1. The number of hydrogen-bond acceptors (Lipinski definition) is 1. The summed E-state index contributed by atoms with van der Waals surface area (Å²) in [6, 6.07) is 5.23. The lowest BCUT2D eigenvalue weighted by Gasteiger charge is -2.32. The van der Waals surface area contributed by atoms with E-state index in [2.05, 4.69) is 19.2 Å². The quantitative estimate of drug-likeness (QED) is 0.852. The maximum absolute atomic E-state index is 13.5. The summed E-state index contributed by atoms with van der Waals surface area (Å²) in [7, 11) is 0. The van der Waals surface area contributed by atoms with Crippen molar-refractivity contribution in [2.45, 2.75) is 39.5 Å². The zero-order chi connectivity index (χ0) is 13.5. The lowest BCUT2D eigenvalue weighted by Crippen LogP contribution is -2.35. The van der Waals surface area contributed by atoms with Gasteiger partial charge in [-0.3, -0.25) is 0 Å². The van der Waals surface area contributed by atoms with Crippen molar-refractivity contribution in [3.63, 3.8) is 0 Å². The molecule has 2 aliphatic rings. The SMILES string of the molecule is CCNCC1(Cc2cc(F)ccc2C)CC2CC2C1. The monoisotopic (exact) mass is 261 g/mol. The van der Waals surface area contributed by atoms with Gasteiger partial charge in [0.2, 0.25) is 0 Å². The molecule has 2 saturated carbocycles. The Balaban J connectivity index is 1.79. The third kappa shape index (κ3) is 2.69. The Bertz CT molecular complexity index is 458. The maximum atomic E-state index is 13.5. The fourth-order valence-corrected chi connectivity index (χ4v) is 3.98. The fraction of sp³-hybridized carbons (Fsp3) is 0.647. The van der Waals surface area contributed by atoms with Gasteiger partial charge < -0.3 is 5.32 Å². The second kappa shape index (κ2) is 4.90. The lowest BCUT2D eigenvalue weighted by atomic mass is 9.76. The highest BCUT2D eigenvalue weighted by molar-refractivity contribution is 5.28. The zero-order valence-electron chi connectivity index (χ0n) is 12.0. The Hall–Kier alpha value is -0.890. The predicted octanol–water partition coefficient (Wildman–Crippen LogP) is 3.70. The summed E-state index contributed by atoms with van der Waals surface area (Å²) in [5, 5.41) is 3.53. The van der Waals surface area contributed by atoms with Crippen molar-refractivity contribution in [2.75, 3.05) is 13.1 Å². The van der Waals surface area contributed by atoms with E-state index in [9.17, 15) is 4.39 Å². The normalized spacial score (nSPS) is 32.4. The molecule has 2 aliphatic carbocycles. The maximum Gasteiger partial charge on any atom is 0.123 e. The first kappa shape index (κ1) is 13.1. The van der Waals surface area contributed by atoms with Crippen molar-refractivity contribution in [3.8, 4) is 0 Å². The van der Waals surface area contributed by atoms with E-state index >= 15 is 0 Å². The van der Waals surface area contributed by atoms with Crippen LogP contribution in [0.5, 0.6) is 0 Å². The van der Waals surface area contributed by atoms with Gasteiger partial charge in [-0.25, -0.2) is 4.39 Å². The van der Waals surface area contributed by atoms with E-state index in [1.807, 2.05) is 6.07 Å². The van der Waals surface area contributed by atoms with Gasteiger partial charge in [-0.05, 0) is 79.7 Å². The molecule has 2 atom stereocenters. The smallest absolute Gasteiger partial charge is 0.123 e. The van der Waals surface area contributed by atoms with Crippen LogP contribution in [0.25, 0.3) is 0 Å². The largest absolute Gasteiger partial charge is 0.316 e. The number of halogens is 1. The molecule has 0 saturated heterocycles. The van der Waals surface area contributed by atoms with E-state index in [4.69, 9.17) is 0 Å². The average molecular weight is 261 g/mol. The van der Waals surface area contributed by atoms with Gasteiger partial charge in [0.15, 0.2) is 0 Å². The molecule has 3 rings (SSSR count). The minimum Gasteiger partial charge on any atom is -0.316 e. The molecule has 0 spiro atoms. The first-order chi connectivity index (χ1) is 9.12. The molecule has 0 radical (unpaired) electrons. The van der Waals surface area contributed by atoms with Crippen LogP contribution in [0.15, 0.2) is 18.2 Å². The van der Waals surface area contributed by atoms with Gasteiger partial charge in [-0.15, -0.1) is 0 Å². The Labute approximate surface area is 115 Å². The summed E-state index contributed by atoms with van der Waals surface area (Å²) >= 11 is 0. The Morgan fingerprint density at radius 1 is 1.32 bits per heavy atom. The number of rotatable bonds is 5. The molecule has 1 aromatic carbocycles. The van der Waals surface area contributed by atoms with Crippen molar-refractivity contribution in [1.29, 1.82) is 0 Å². The minimum atomic E-state index is -0.0950. The van der Waals surface area contributed by atoms with Crippen LogP contribution >= 0.6 is 0 Å². The molecular weight excluding hydrogens is 237 g/mol. The average Bonchev–Trinajstić information content (AvgIpc) is 3.00. The number of nitrogens with one attached hydrogen (secondary N) is 1. The van der Waals surface area contributed by atoms with E-state index < -0.39 is 0 Å². The van der Waals surface area contributed by atoms with Crippen LogP contribution in [0.4, 0.5) is 4.39 Å². The minimum absolute atomic E-state index is 0.0950. The van der Waals surface area contributed by atoms with Crippen molar-refractivity contribution in [1.82, 2.24) is 5.32 Å². The van der Waals surface area contributed by atoms with Crippen molar-refractivity contribution < 1.29 is 4.39 Å². The fourth-order valence-electron chi connectivity index (χ4n) is 3.98. The third-order valence-electron chi connectivity index (χ3n) is 5.09. The standard InChI is InChI=1S/C17H24FN/c1-3-19-11-17(9-14-6-15(14)10-17)8-13-7-16(18)5-4-12(13)2/h4-5,7,14-15,19H,3,6,8-11H2,1-2H3. The van der Waals surface area contributed by atoms with Gasteiger partial charge in [0.1, 0.15) is 5.82 Å². The summed E-state index contributed by atoms with van der Waals surface area (Å²) in [5.41, 5.74) is 2.82. The topological polar surface area (TPSA) is 12.0 Å². The molecule has 2 unspecified atom stereocenters. The Kier molecular flexibility index (Phi) is 3.38. The van der Waals surface area contributed by atoms with Gasteiger partial charge in [0.05, 0.1) is 0 Å². The summed E-state index contributed by atoms with van der Waals surface area (Å²) in [6.45, 7) is 6.38. The molecule has 1 aromatic rings. The second-order valence-corrected chi connectivity index (χ2v) is 6.69. The van der Waals surface area contributed by atoms with E-state index in [1.165, 1.54) is 30.4 Å². The number of fused-ring (bicyclic) bond motifs is 1. The van der Waals surface area contributed by atoms with Crippen molar-refractivity contribution in [2.24, 2.45) is 17.3 Å². The Morgan fingerprint density at radius 3 is 2.74 bits per heavy atom. The molecular formula is C17H24FN. The van der Waals surface area contributed by atoms with Crippen molar-refractivity contribution in [3.05, 3.63) is 35.1 Å². The molecule has 1 N–H and O–H groups in total. The Morgan fingerprint density at radius 2 is 2.05 bits per heavy atom. The highest BCUT2D eigenvalue weighted by Gasteiger charge is 2.53. The lowest BCUT2D eigenvalue weighted by molar-refractivity contribution is 0.250. The summed E-state index contributed by atoms with van der Waals surface area (Å²) in [4.78, 5) is 0. The van der Waals surface area contributed by atoms with E-state index in [-0.39, 0.29) is 5.82 Å². The highest BCUT2D eigenvalue weighted by Crippen LogP contribution is 2.60. The molecule has 0 heterocycles. The van der Waals surface area contributed by atoms with Crippen LogP contribution in [0.3, 0.4) is 0 Å². The summed E-state index contributed by atoms with van der Waals surface area (Å²) in [6.07, 6.45) is 5.15. The molecule has 2 heteroatoms. The number of aryl methyl sites for hydroxylation is 1. The molecule has 2 fully saturated rings. The van der Waals surface area contributed by atoms with Gasteiger partial charge in [-0.1, -0.05) is 13.0 Å². The van der Waals surface area contributed by atoms with Gasteiger partial charge >= 0.3 is 0 Å².